The predicted molar refractivity (Wildman–Crippen MR) is 155 cm³/mol. The molecule has 0 saturated carbocycles. The molecule has 42 heavy (non-hydrogen) atoms. The standard InChI is InChI=1S/C36H24N2O4/c39-35-31(25-13-5-1-6-14-25)37(33(41-35)27-17-9-3-10-18-27)29-21-23-30(24-22-29)38-32(26-15-7-2-8-16-26)36(40)42-34(38)28-19-11-4-12-20-28/h1-24H. The van der Waals surface area contributed by atoms with Crippen LogP contribution in [0.25, 0.3) is 56.8 Å². The van der Waals surface area contributed by atoms with Crippen LogP contribution in [-0.2, 0) is 0 Å². The fourth-order valence-corrected chi connectivity index (χ4v) is 5.22. The van der Waals surface area contributed by atoms with Crippen molar-refractivity contribution in [2.75, 3.05) is 0 Å². The second-order valence-electron chi connectivity index (χ2n) is 9.74. The largest absolute Gasteiger partial charge is 0.540 e. The van der Waals surface area contributed by atoms with Crippen molar-refractivity contribution in [1.29, 1.82) is 0 Å². The van der Waals surface area contributed by atoms with Crippen molar-refractivity contribution >= 4 is 0 Å². The van der Waals surface area contributed by atoms with E-state index in [1.807, 2.05) is 155 Å². The highest BCUT2D eigenvalue weighted by atomic mass is 16.5. The summed E-state index contributed by atoms with van der Waals surface area (Å²) >= 11 is 0. The highest BCUT2D eigenvalue weighted by Crippen LogP contribution is 2.34. The molecule has 0 bridgehead atoms. The molecule has 7 aromatic rings. The molecule has 0 saturated heterocycles. The van der Waals surface area contributed by atoms with Gasteiger partial charge in [0.05, 0.1) is 11.1 Å². The first-order chi connectivity index (χ1) is 20.7. The fraction of sp³-hybridized carbons (Fsp3) is 0. The Morgan fingerprint density at radius 1 is 0.357 bits per heavy atom. The molecule has 0 amide bonds. The van der Waals surface area contributed by atoms with E-state index in [4.69, 9.17) is 8.83 Å². The fourth-order valence-electron chi connectivity index (χ4n) is 5.22. The maximum absolute atomic E-state index is 13.3. The summed E-state index contributed by atoms with van der Waals surface area (Å²) in [4.78, 5) is 0. The van der Waals surface area contributed by atoms with Crippen LogP contribution in [0.1, 0.15) is 0 Å². The number of benzene rings is 5. The van der Waals surface area contributed by atoms with Crippen LogP contribution in [0.2, 0.25) is 0 Å². The zero-order chi connectivity index (χ0) is 28.5. The normalized spacial score (nSPS) is 11.0. The summed E-state index contributed by atoms with van der Waals surface area (Å²) in [5.41, 5.74) is 5.36. The van der Waals surface area contributed by atoms with E-state index in [1.54, 1.807) is 0 Å². The lowest BCUT2D eigenvalue weighted by Gasteiger charge is -2.06. The lowest BCUT2D eigenvalue weighted by Crippen LogP contribution is -2.36. The molecule has 7 rings (SSSR count). The number of aromatic nitrogens is 2. The maximum Gasteiger partial charge on any atom is 0.275 e. The Morgan fingerprint density at radius 3 is 0.952 bits per heavy atom. The number of oxazole rings is 2. The van der Waals surface area contributed by atoms with E-state index in [-0.39, 0.29) is 0 Å². The number of rotatable bonds is 6. The van der Waals surface area contributed by atoms with Crippen LogP contribution < -0.4 is 19.3 Å². The Kier molecular flexibility index (Phi) is 6.33. The van der Waals surface area contributed by atoms with Gasteiger partial charge in [0, 0.05) is 35.4 Å². The van der Waals surface area contributed by atoms with E-state index < -0.39 is 11.9 Å². The van der Waals surface area contributed by atoms with E-state index in [0.717, 1.165) is 33.6 Å². The summed E-state index contributed by atoms with van der Waals surface area (Å²) < 4.78 is 15.4. The van der Waals surface area contributed by atoms with Gasteiger partial charge in [0.1, 0.15) is 11.9 Å². The average molecular weight is 549 g/mol. The van der Waals surface area contributed by atoms with Crippen LogP contribution in [0.5, 0.6) is 11.9 Å². The van der Waals surface area contributed by atoms with Crippen molar-refractivity contribution in [3.63, 3.8) is 0 Å². The Morgan fingerprint density at radius 2 is 0.643 bits per heavy atom. The minimum absolute atomic E-state index is 0.426. The van der Waals surface area contributed by atoms with Crippen LogP contribution >= 0.6 is 0 Å². The van der Waals surface area contributed by atoms with Gasteiger partial charge in [0.25, 0.3) is 11.8 Å². The van der Waals surface area contributed by atoms with Gasteiger partial charge in [0.15, 0.2) is 0 Å². The molecule has 5 aromatic carbocycles. The summed E-state index contributed by atoms with van der Waals surface area (Å²) in [6.07, 6.45) is 0. The minimum atomic E-state index is -0.429. The average Bonchev–Trinajstić information content (AvgIpc) is 3.59. The number of hydrogen-bond donors (Lipinski definition) is 0. The topological polar surface area (TPSA) is 80.2 Å². The Labute approximate surface area is 242 Å². The van der Waals surface area contributed by atoms with Gasteiger partial charge in [-0.25, -0.2) is 0 Å². The number of nitrogens with zero attached hydrogens (tertiary/aromatic N) is 2. The molecule has 202 valence electrons. The molecule has 0 radical (unpaired) electrons. The van der Waals surface area contributed by atoms with Gasteiger partial charge in [0.2, 0.25) is 22.8 Å². The first-order valence-electron chi connectivity index (χ1n) is 13.5. The summed E-state index contributed by atoms with van der Waals surface area (Å²) in [6.45, 7) is 0. The molecular weight excluding hydrogens is 524 g/mol. The van der Waals surface area contributed by atoms with Crippen molar-refractivity contribution in [1.82, 2.24) is 0 Å². The number of hydrogen-bond acceptors (Lipinski definition) is 4. The highest BCUT2D eigenvalue weighted by Gasteiger charge is 2.29. The van der Waals surface area contributed by atoms with Gasteiger partial charge < -0.3 is 19.0 Å². The molecule has 0 unspecified atom stereocenters. The lowest BCUT2D eigenvalue weighted by atomic mass is 10.1. The molecule has 0 aliphatic heterocycles. The van der Waals surface area contributed by atoms with Crippen LogP contribution in [0.15, 0.2) is 154 Å². The minimum Gasteiger partial charge on any atom is -0.540 e. The molecule has 6 nitrogen and oxygen atoms in total. The van der Waals surface area contributed by atoms with Gasteiger partial charge in [-0.2, -0.15) is 0 Å². The highest BCUT2D eigenvalue weighted by molar-refractivity contribution is 5.65. The second kappa shape index (κ2) is 10.6. The molecule has 0 N–H and O–H groups in total. The lowest BCUT2D eigenvalue weighted by molar-refractivity contribution is -0.580. The summed E-state index contributed by atoms with van der Waals surface area (Å²) in [6, 6.07) is 45.7. The van der Waals surface area contributed by atoms with Crippen LogP contribution in [0, 0.1) is 0 Å². The molecule has 0 atom stereocenters. The molecule has 0 fully saturated rings. The molecular formula is C36H24N2O4. The Hall–Kier alpha value is -5.88. The van der Waals surface area contributed by atoms with Crippen LogP contribution in [0.4, 0.5) is 0 Å². The van der Waals surface area contributed by atoms with Gasteiger partial charge in [-0.3, -0.25) is 0 Å². The monoisotopic (exact) mass is 548 g/mol. The van der Waals surface area contributed by atoms with E-state index in [2.05, 4.69) is 0 Å². The van der Waals surface area contributed by atoms with E-state index in [9.17, 15) is 10.2 Å². The Bertz CT molecular complexity index is 1820. The van der Waals surface area contributed by atoms with Gasteiger partial charge in [-0.1, -0.05) is 72.8 Å². The molecule has 2 aromatic heterocycles. The maximum atomic E-state index is 13.3. The molecule has 6 heteroatoms. The molecule has 0 aliphatic carbocycles. The zero-order valence-corrected chi connectivity index (χ0v) is 22.4. The van der Waals surface area contributed by atoms with Crippen molar-refractivity contribution in [3.8, 4) is 68.7 Å². The van der Waals surface area contributed by atoms with E-state index in [0.29, 0.717) is 23.2 Å². The third-order valence-electron chi connectivity index (χ3n) is 7.12. The predicted octanol–water partition coefficient (Wildman–Crippen LogP) is 6.24. The smallest absolute Gasteiger partial charge is 0.275 e. The molecule has 0 aliphatic rings. The Balaban J connectivity index is 1.42. The molecule has 0 spiro atoms. The third kappa shape index (κ3) is 4.41. The SMILES string of the molecule is [O-]c1oc(-c2ccccc2)[n+](-c2ccc(-[n+]3c(-c4ccccc4)oc([O-])c3-c3ccccc3)cc2)c1-c1ccccc1. The summed E-state index contributed by atoms with van der Waals surface area (Å²) in [5.74, 6) is 0.00375. The van der Waals surface area contributed by atoms with Gasteiger partial charge >= 0.3 is 0 Å². The van der Waals surface area contributed by atoms with Crippen molar-refractivity contribution in [3.05, 3.63) is 146 Å². The quantitative estimate of drug-likeness (QED) is 0.231. The van der Waals surface area contributed by atoms with E-state index >= 15 is 0 Å². The summed E-state index contributed by atoms with van der Waals surface area (Å²) in [7, 11) is 0. The zero-order valence-electron chi connectivity index (χ0n) is 22.4. The van der Waals surface area contributed by atoms with Crippen molar-refractivity contribution < 1.29 is 28.2 Å². The molecule has 2 heterocycles. The third-order valence-corrected chi connectivity index (χ3v) is 7.12. The second-order valence-corrected chi connectivity index (χ2v) is 9.74. The van der Waals surface area contributed by atoms with Crippen LogP contribution in [0.3, 0.4) is 0 Å². The first kappa shape index (κ1) is 25.1. The van der Waals surface area contributed by atoms with Crippen molar-refractivity contribution in [2.45, 2.75) is 0 Å². The summed E-state index contributed by atoms with van der Waals surface area (Å²) in [5, 5.41) is 26.5. The van der Waals surface area contributed by atoms with Gasteiger partial charge in [-0.15, -0.1) is 9.13 Å². The first-order valence-corrected chi connectivity index (χ1v) is 13.5. The van der Waals surface area contributed by atoms with Crippen LogP contribution in [-0.4, -0.2) is 0 Å². The van der Waals surface area contributed by atoms with Gasteiger partial charge in [-0.05, 0) is 48.5 Å². The van der Waals surface area contributed by atoms with Crippen molar-refractivity contribution in [2.24, 2.45) is 0 Å². The van der Waals surface area contributed by atoms with E-state index in [1.165, 1.54) is 0 Å².